The van der Waals surface area contributed by atoms with Crippen molar-refractivity contribution in [1.82, 2.24) is 4.98 Å². The Morgan fingerprint density at radius 3 is 2.85 bits per heavy atom. The number of hydrogen-bond acceptors (Lipinski definition) is 2. The Labute approximate surface area is 81.1 Å². The highest BCUT2D eigenvalue weighted by molar-refractivity contribution is 7.08. The lowest BCUT2D eigenvalue weighted by Crippen LogP contribution is -1.77. The van der Waals surface area contributed by atoms with Gasteiger partial charge in [-0.05, 0) is 29.5 Å². The predicted octanol–water partition coefficient (Wildman–Crippen LogP) is 2.54. The fourth-order valence-electron chi connectivity index (χ4n) is 0.908. The zero-order valence-corrected chi connectivity index (χ0v) is 7.71. The number of pyridine rings is 1. The molecule has 13 heavy (non-hydrogen) atoms. The molecule has 2 heteroatoms. The Morgan fingerprint density at radius 2 is 2.15 bits per heavy atom. The van der Waals surface area contributed by atoms with Gasteiger partial charge in [-0.1, -0.05) is 12.0 Å². The molecular formula is C11H7NS. The number of thiophene rings is 1. The predicted molar refractivity (Wildman–Crippen MR) is 54.5 cm³/mol. The standard InChI is InChI=1S/C11H7NS/c1-2-7-12-11(3-1)5-4-10-6-8-13-9-10/h1-3,6-9H. The quantitative estimate of drug-likeness (QED) is 0.575. The molecule has 2 heterocycles. The van der Waals surface area contributed by atoms with Gasteiger partial charge in [-0.25, -0.2) is 4.98 Å². The topological polar surface area (TPSA) is 12.9 Å². The molecule has 0 bridgehead atoms. The molecule has 0 aromatic carbocycles. The van der Waals surface area contributed by atoms with Crippen molar-refractivity contribution in [2.45, 2.75) is 0 Å². The van der Waals surface area contributed by atoms with Crippen molar-refractivity contribution in [3.63, 3.8) is 0 Å². The minimum absolute atomic E-state index is 0.814. The minimum atomic E-state index is 0.814. The molecule has 0 amide bonds. The second-order valence-electron chi connectivity index (χ2n) is 2.48. The first-order valence-corrected chi connectivity index (χ1v) is 4.85. The Kier molecular flexibility index (Phi) is 2.40. The molecule has 0 N–H and O–H groups in total. The van der Waals surface area contributed by atoms with E-state index in [0.717, 1.165) is 11.3 Å². The van der Waals surface area contributed by atoms with Crippen LogP contribution in [-0.2, 0) is 0 Å². The Balaban J connectivity index is 2.23. The van der Waals surface area contributed by atoms with Gasteiger partial charge < -0.3 is 0 Å². The Hall–Kier alpha value is -1.59. The molecule has 0 aliphatic carbocycles. The van der Waals surface area contributed by atoms with Gasteiger partial charge in [0.15, 0.2) is 0 Å². The summed E-state index contributed by atoms with van der Waals surface area (Å²) in [5, 5.41) is 4.04. The molecular weight excluding hydrogens is 178 g/mol. The fourth-order valence-corrected chi connectivity index (χ4v) is 1.50. The van der Waals surface area contributed by atoms with Crippen LogP contribution in [0.2, 0.25) is 0 Å². The summed E-state index contributed by atoms with van der Waals surface area (Å²) < 4.78 is 0. The van der Waals surface area contributed by atoms with Gasteiger partial charge in [0.2, 0.25) is 0 Å². The molecule has 0 radical (unpaired) electrons. The van der Waals surface area contributed by atoms with Gasteiger partial charge in [0.25, 0.3) is 0 Å². The lowest BCUT2D eigenvalue weighted by Gasteiger charge is -1.84. The van der Waals surface area contributed by atoms with Gasteiger partial charge in [0.05, 0.1) is 0 Å². The smallest absolute Gasteiger partial charge is 0.113 e. The first kappa shape index (κ1) is 8.03. The third kappa shape index (κ3) is 2.17. The van der Waals surface area contributed by atoms with Crippen molar-refractivity contribution in [1.29, 1.82) is 0 Å². The van der Waals surface area contributed by atoms with Crippen LogP contribution in [0.15, 0.2) is 41.2 Å². The molecule has 2 aromatic rings. The minimum Gasteiger partial charge on any atom is -0.248 e. The van der Waals surface area contributed by atoms with E-state index in [2.05, 4.69) is 16.8 Å². The zero-order chi connectivity index (χ0) is 8.93. The van der Waals surface area contributed by atoms with Crippen LogP contribution in [0, 0.1) is 11.8 Å². The van der Waals surface area contributed by atoms with E-state index in [0.29, 0.717) is 0 Å². The summed E-state index contributed by atoms with van der Waals surface area (Å²) in [6.07, 6.45) is 1.75. The highest BCUT2D eigenvalue weighted by atomic mass is 32.1. The number of rotatable bonds is 0. The third-order valence-corrected chi connectivity index (χ3v) is 2.20. The van der Waals surface area contributed by atoms with Crippen LogP contribution in [0.25, 0.3) is 0 Å². The molecule has 0 unspecified atom stereocenters. The van der Waals surface area contributed by atoms with Crippen molar-refractivity contribution < 1.29 is 0 Å². The highest BCUT2D eigenvalue weighted by Gasteiger charge is 1.85. The van der Waals surface area contributed by atoms with Gasteiger partial charge >= 0.3 is 0 Å². The highest BCUT2D eigenvalue weighted by Crippen LogP contribution is 2.03. The summed E-state index contributed by atoms with van der Waals surface area (Å²) in [5.74, 6) is 6.03. The van der Waals surface area contributed by atoms with E-state index in [1.54, 1.807) is 17.5 Å². The van der Waals surface area contributed by atoms with Crippen LogP contribution in [0.5, 0.6) is 0 Å². The Bertz CT molecular complexity index is 420. The first-order valence-electron chi connectivity index (χ1n) is 3.90. The van der Waals surface area contributed by atoms with Crippen LogP contribution < -0.4 is 0 Å². The molecule has 62 valence electrons. The summed E-state index contributed by atoms with van der Waals surface area (Å²) in [7, 11) is 0. The zero-order valence-electron chi connectivity index (χ0n) is 6.90. The van der Waals surface area contributed by atoms with E-state index in [1.807, 2.05) is 35.0 Å². The maximum absolute atomic E-state index is 4.11. The van der Waals surface area contributed by atoms with E-state index in [1.165, 1.54) is 0 Å². The molecule has 0 saturated heterocycles. The van der Waals surface area contributed by atoms with Crippen LogP contribution in [-0.4, -0.2) is 4.98 Å². The lowest BCUT2D eigenvalue weighted by molar-refractivity contribution is 1.29. The molecule has 2 aromatic heterocycles. The summed E-state index contributed by atoms with van der Waals surface area (Å²) in [6, 6.07) is 7.72. The average Bonchev–Trinajstić information content (AvgIpc) is 2.69. The summed E-state index contributed by atoms with van der Waals surface area (Å²) in [5.41, 5.74) is 1.87. The molecule has 0 fully saturated rings. The van der Waals surface area contributed by atoms with Crippen molar-refractivity contribution in [2.24, 2.45) is 0 Å². The van der Waals surface area contributed by atoms with E-state index < -0.39 is 0 Å². The number of nitrogens with zero attached hydrogens (tertiary/aromatic N) is 1. The summed E-state index contributed by atoms with van der Waals surface area (Å²) in [6.45, 7) is 0. The van der Waals surface area contributed by atoms with E-state index in [9.17, 15) is 0 Å². The molecule has 0 aliphatic rings. The van der Waals surface area contributed by atoms with Gasteiger partial charge in [-0.3, -0.25) is 0 Å². The fraction of sp³-hybridized carbons (Fsp3) is 0. The summed E-state index contributed by atoms with van der Waals surface area (Å²) >= 11 is 1.65. The SMILES string of the molecule is C(#Cc1ccccn1)c1ccsc1. The number of hydrogen-bond donors (Lipinski definition) is 0. The molecule has 0 saturated carbocycles. The molecule has 0 atom stereocenters. The van der Waals surface area contributed by atoms with E-state index in [4.69, 9.17) is 0 Å². The maximum atomic E-state index is 4.11. The second-order valence-corrected chi connectivity index (χ2v) is 3.26. The summed E-state index contributed by atoms with van der Waals surface area (Å²) in [4.78, 5) is 4.11. The molecule has 0 aliphatic heterocycles. The van der Waals surface area contributed by atoms with E-state index in [-0.39, 0.29) is 0 Å². The van der Waals surface area contributed by atoms with Crippen molar-refractivity contribution in [2.75, 3.05) is 0 Å². The van der Waals surface area contributed by atoms with Gasteiger partial charge in [-0.15, -0.1) is 0 Å². The molecule has 2 rings (SSSR count). The van der Waals surface area contributed by atoms with Gasteiger partial charge in [-0.2, -0.15) is 11.3 Å². The van der Waals surface area contributed by atoms with Crippen LogP contribution in [0.4, 0.5) is 0 Å². The third-order valence-electron chi connectivity index (χ3n) is 1.52. The lowest BCUT2D eigenvalue weighted by atomic mass is 10.3. The van der Waals surface area contributed by atoms with E-state index >= 15 is 0 Å². The van der Waals surface area contributed by atoms with Crippen LogP contribution in [0.1, 0.15) is 11.3 Å². The second kappa shape index (κ2) is 3.88. The van der Waals surface area contributed by atoms with Crippen molar-refractivity contribution in [3.05, 3.63) is 52.5 Å². The number of aromatic nitrogens is 1. The normalized spacial score (nSPS) is 8.92. The average molecular weight is 185 g/mol. The van der Waals surface area contributed by atoms with Gasteiger partial charge in [0.1, 0.15) is 5.69 Å². The largest absolute Gasteiger partial charge is 0.248 e. The van der Waals surface area contributed by atoms with Crippen molar-refractivity contribution in [3.8, 4) is 11.8 Å². The van der Waals surface area contributed by atoms with Crippen LogP contribution in [0.3, 0.4) is 0 Å². The monoisotopic (exact) mass is 185 g/mol. The van der Waals surface area contributed by atoms with Gasteiger partial charge in [0, 0.05) is 17.1 Å². The van der Waals surface area contributed by atoms with Crippen LogP contribution >= 0.6 is 11.3 Å². The first-order chi connectivity index (χ1) is 6.45. The Morgan fingerprint density at radius 1 is 1.15 bits per heavy atom. The maximum Gasteiger partial charge on any atom is 0.113 e. The molecule has 1 nitrogen and oxygen atoms in total. The molecule has 0 spiro atoms. The van der Waals surface area contributed by atoms with Crippen molar-refractivity contribution >= 4 is 11.3 Å².